The molecule has 0 aliphatic carbocycles. The number of thioether (sulfide) groups is 2. The first-order valence-corrected chi connectivity index (χ1v) is 18.5. The molecule has 0 radical (unpaired) electrons. The van der Waals surface area contributed by atoms with Crippen LogP contribution in [0.4, 0.5) is 5.13 Å². The van der Waals surface area contributed by atoms with Crippen molar-refractivity contribution in [3.8, 4) is 0 Å². The number of nitrogens with one attached hydrogen (secondary N) is 3. The van der Waals surface area contributed by atoms with Crippen LogP contribution in [-0.2, 0) is 14.3 Å². The molecule has 6 N–H and O–H groups in total. The summed E-state index contributed by atoms with van der Waals surface area (Å²) in [5.74, 6) is 1.24. The normalized spacial score (nSPS) is 36.7. The highest BCUT2D eigenvalue weighted by Gasteiger charge is 2.50. The van der Waals surface area contributed by atoms with Gasteiger partial charge in [-0.3, -0.25) is 4.79 Å². The molecule has 0 bridgehead atoms. The Kier molecular flexibility index (Phi) is 11.9. The van der Waals surface area contributed by atoms with Gasteiger partial charge >= 0.3 is 0 Å². The average Bonchev–Trinajstić information content (AvgIpc) is 3.57. The Morgan fingerprint density at radius 2 is 1.93 bits per heavy atom. The number of hydrogen-bond donors (Lipinski definition) is 6. The molecule has 5 heterocycles. The van der Waals surface area contributed by atoms with Crippen LogP contribution < -0.4 is 20.9 Å². The van der Waals surface area contributed by atoms with Crippen LogP contribution >= 0.6 is 34.9 Å². The lowest BCUT2D eigenvalue weighted by Crippen LogP contribution is -2.65. The summed E-state index contributed by atoms with van der Waals surface area (Å²) in [5, 5.41) is 51.6. The van der Waals surface area contributed by atoms with Crippen molar-refractivity contribution in [2.75, 3.05) is 50.5 Å². The number of hydrogen-bond acceptors (Lipinski definition) is 14. The zero-order valence-electron chi connectivity index (χ0n) is 25.4. The zero-order valence-corrected chi connectivity index (χ0v) is 27.9. The van der Waals surface area contributed by atoms with Crippen molar-refractivity contribution in [3.05, 3.63) is 0 Å². The van der Waals surface area contributed by atoms with E-state index in [0.29, 0.717) is 25.0 Å². The third-order valence-corrected chi connectivity index (χ3v) is 12.2. The number of piperazine rings is 1. The monoisotopic (exact) mass is 660 g/mol. The molecule has 4 saturated heterocycles. The number of anilines is 1. The summed E-state index contributed by atoms with van der Waals surface area (Å²) >= 11 is 4.21. The summed E-state index contributed by atoms with van der Waals surface area (Å²) in [5.41, 5.74) is -0.752. The van der Waals surface area contributed by atoms with Gasteiger partial charge in [-0.05, 0) is 43.3 Å². The summed E-state index contributed by atoms with van der Waals surface area (Å²) < 4.78 is 13.2. The predicted octanol–water partition coefficient (Wildman–Crippen LogP) is 0.513. The number of ether oxygens (including phenoxy) is 2. The summed E-state index contributed by atoms with van der Waals surface area (Å²) in [7, 11) is 0. The highest BCUT2D eigenvalue weighted by Crippen LogP contribution is 2.37. The molecule has 43 heavy (non-hydrogen) atoms. The van der Waals surface area contributed by atoms with E-state index < -0.39 is 41.9 Å². The molecule has 11 atom stereocenters. The second-order valence-corrected chi connectivity index (χ2v) is 16.1. The minimum absolute atomic E-state index is 0.219. The van der Waals surface area contributed by atoms with E-state index in [2.05, 4.69) is 44.9 Å². The van der Waals surface area contributed by atoms with Gasteiger partial charge in [0.25, 0.3) is 0 Å². The maximum atomic E-state index is 13.9. The highest BCUT2D eigenvalue weighted by molar-refractivity contribution is 8.01. The molecule has 4 aliphatic heterocycles. The molecule has 0 saturated carbocycles. The van der Waals surface area contributed by atoms with Crippen molar-refractivity contribution < 1.29 is 29.6 Å². The zero-order chi connectivity index (χ0) is 30.7. The molecule has 4 aliphatic rings. The number of fused-ring (bicyclic) bond motifs is 1. The Bertz CT molecular complexity index is 1050. The quantitative estimate of drug-likeness (QED) is 0.193. The first-order chi connectivity index (χ1) is 20.7. The van der Waals surface area contributed by atoms with E-state index in [0.717, 1.165) is 54.9 Å². The number of rotatable bonds is 10. The number of carbonyl (C=O) groups is 1. The van der Waals surface area contributed by atoms with Crippen molar-refractivity contribution in [2.24, 2.45) is 17.8 Å². The summed E-state index contributed by atoms with van der Waals surface area (Å²) in [6, 6.07) is -1.23. The van der Waals surface area contributed by atoms with Crippen LogP contribution in [0, 0.1) is 17.8 Å². The molecule has 1 amide bonds. The molecule has 0 aromatic carbocycles. The van der Waals surface area contributed by atoms with E-state index in [1.165, 1.54) is 34.9 Å². The van der Waals surface area contributed by atoms with Crippen LogP contribution in [0.15, 0.2) is 4.34 Å². The second kappa shape index (κ2) is 15.2. The van der Waals surface area contributed by atoms with Gasteiger partial charge in [0.2, 0.25) is 11.0 Å². The standard InChI is InChI=1S/C28H48N6O6S3/c1-14(2)11-16-5-10-39-23-17(12-16)13-30-19(23)25(38)31-18(24-21(36)20(35)22(37)26(40-24)41-4)15(3)42-28-33-32-27(43-28)34-8-6-29-7-9-34/h14-24,26,29-30,35-37H,5-13H2,1-4H3,(H,31,38)/t15-,16-,17-,18+,19-,20?,21?,22?,23+,24?,26?/m0/s1. The first-order valence-electron chi connectivity index (χ1n) is 15.5. The van der Waals surface area contributed by atoms with Gasteiger partial charge in [-0.25, -0.2) is 0 Å². The van der Waals surface area contributed by atoms with E-state index in [1.807, 2.05) is 6.92 Å². The maximum absolute atomic E-state index is 13.9. The van der Waals surface area contributed by atoms with E-state index in [-0.39, 0.29) is 23.2 Å². The van der Waals surface area contributed by atoms with Gasteiger partial charge in [-0.15, -0.1) is 22.0 Å². The largest absolute Gasteiger partial charge is 0.388 e. The smallest absolute Gasteiger partial charge is 0.240 e. The van der Waals surface area contributed by atoms with E-state index in [4.69, 9.17) is 9.47 Å². The summed E-state index contributed by atoms with van der Waals surface area (Å²) in [4.78, 5) is 16.1. The van der Waals surface area contributed by atoms with Gasteiger partial charge in [0.1, 0.15) is 35.9 Å². The predicted molar refractivity (Wildman–Crippen MR) is 170 cm³/mol. The van der Waals surface area contributed by atoms with Gasteiger partial charge in [0.15, 0.2) is 4.34 Å². The van der Waals surface area contributed by atoms with E-state index >= 15 is 0 Å². The molecule has 0 spiro atoms. The minimum Gasteiger partial charge on any atom is -0.388 e. The lowest BCUT2D eigenvalue weighted by molar-refractivity contribution is -0.205. The Hall–Kier alpha value is -0.750. The molecule has 244 valence electrons. The van der Waals surface area contributed by atoms with Gasteiger partial charge in [0, 0.05) is 44.6 Å². The number of aliphatic hydroxyl groups excluding tert-OH is 3. The minimum atomic E-state index is -1.41. The van der Waals surface area contributed by atoms with Crippen LogP contribution in [0.1, 0.15) is 40.0 Å². The molecule has 12 nitrogen and oxygen atoms in total. The Labute approximate surface area is 266 Å². The molecule has 5 unspecified atom stereocenters. The SMILES string of the molecule is CSC1OC([C@H](NC(=O)[C@H]2NC[C@@H]3C[C@H](CC(C)C)CCO[C@H]32)[C@H](C)Sc2nnc(N3CCNCC3)s2)C(O)C(O)C1O. The maximum Gasteiger partial charge on any atom is 0.240 e. The Morgan fingerprint density at radius 3 is 2.65 bits per heavy atom. The van der Waals surface area contributed by atoms with E-state index in [1.54, 1.807) is 6.26 Å². The van der Waals surface area contributed by atoms with Crippen molar-refractivity contribution in [1.29, 1.82) is 0 Å². The molecule has 5 rings (SSSR count). The van der Waals surface area contributed by atoms with Crippen molar-refractivity contribution in [2.45, 2.75) is 97.7 Å². The summed E-state index contributed by atoms with van der Waals surface area (Å²) in [6.45, 7) is 11.3. The molecule has 1 aromatic heterocycles. The molecular weight excluding hydrogens is 613 g/mol. The van der Waals surface area contributed by atoms with E-state index in [9.17, 15) is 20.1 Å². The summed E-state index contributed by atoms with van der Waals surface area (Å²) in [6.07, 6.45) is -0.265. The van der Waals surface area contributed by atoms with Crippen LogP contribution in [0.3, 0.4) is 0 Å². The third kappa shape index (κ3) is 7.98. The Morgan fingerprint density at radius 1 is 1.16 bits per heavy atom. The van der Waals surface area contributed by atoms with Crippen LogP contribution in [0.5, 0.6) is 0 Å². The molecule has 15 heteroatoms. The number of aromatic nitrogens is 2. The fraction of sp³-hybridized carbons (Fsp3) is 0.893. The van der Waals surface area contributed by atoms with Gasteiger partial charge in [-0.1, -0.05) is 43.9 Å². The van der Waals surface area contributed by atoms with Gasteiger partial charge in [-0.2, -0.15) is 0 Å². The van der Waals surface area contributed by atoms with Crippen LogP contribution in [0.25, 0.3) is 0 Å². The number of amides is 1. The van der Waals surface area contributed by atoms with Crippen LogP contribution in [0.2, 0.25) is 0 Å². The van der Waals surface area contributed by atoms with Gasteiger partial charge < -0.3 is 45.6 Å². The van der Waals surface area contributed by atoms with Crippen molar-refractivity contribution >= 4 is 45.9 Å². The molecule has 4 fully saturated rings. The van der Waals surface area contributed by atoms with Gasteiger partial charge in [0.05, 0.1) is 12.1 Å². The number of nitrogens with zero attached hydrogens (tertiary/aromatic N) is 3. The Balaban J connectivity index is 1.32. The number of aliphatic hydroxyl groups is 3. The fourth-order valence-electron chi connectivity index (χ4n) is 6.82. The average molecular weight is 661 g/mol. The van der Waals surface area contributed by atoms with Crippen molar-refractivity contribution in [3.63, 3.8) is 0 Å². The third-order valence-electron chi connectivity index (χ3n) is 9.03. The highest BCUT2D eigenvalue weighted by atomic mass is 32.2. The van der Waals surface area contributed by atoms with Crippen molar-refractivity contribution in [1.82, 2.24) is 26.1 Å². The molecular formula is C28H48N6O6S3. The fourth-order valence-corrected chi connectivity index (χ4v) is 9.78. The topological polar surface area (TPSA) is 161 Å². The lowest BCUT2D eigenvalue weighted by Gasteiger charge is -2.44. The second-order valence-electron chi connectivity index (χ2n) is 12.6. The molecule has 1 aromatic rings. The number of carbonyl (C=O) groups excluding carboxylic acids is 1. The first kappa shape index (κ1) is 33.6. The van der Waals surface area contributed by atoms with Crippen LogP contribution in [-0.4, -0.2) is 130 Å². The lowest BCUT2D eigenvalue weighted by atomic mass is 9.85.